The van der Waals surface area contributed by atoms with Crippen molar-refractivity contribution in [3.63, 3.8) is 0 Å². The molecule has 0 unspecified atom stereocenters. The minimum atomic E-state index is -1.82. The van der Waals surface area contributed by atoms with Gasteiger partial charge in [-0.05, 0) is 42.0 Å². The molecule has 164 valence electrons. The van der Waals surface area contributed by atoms with Crippen molar-refractivity contribution in [1.82, 2.24) is 9.55 Å². The first-order chi connectivity index (χ1) is 14.8. The number of aliphatic carboxylic acids is 2. The number of carboxylic acid groups (broad SMARTS) is 2. The zero-order chi connectivity index (χ0) is 22.8. The highest BCUT2D eigenvalue weighted by atomic mass is 19.1. The first kappa shape index (κ1) is 23.5. The summed E-state index contributed by atoms with van der Waals surface area (Å²) in [6, 6.07) is 12.7. The Bertz CT molecular complexity index is 1010. The molecule has 3 aromatic rings. The molecule has 0 amide bonds. The third kappa shape index (κ3) is 7.19. The highest BCUT2D eigenvalue weighted by molar-refractivity contribution is 6.27. The van der Waals surface area contributed by atoms with E-state index >= 15 is 0 Å². The van der Waals surface area contributed by atoms with Crippen LogP contribution in [-0.2, 0) is 27.4 Å². The summed E-state index contributed by atoms with van der Waals surface area (Å²) >= 11 is 0. The van der Waals surface area contributed by atoms with Gasteiger partial charge in [-0.25, -0.2) is 23.4 Å². The number of nitrogens with zero attached hydrogens (tertiary/aromatic N) is 2. The summed E-state index contributed by atoms with van der Waals surface area (Å²) in [6.07, 6.45) is 1.73. The lowest BCUT2D eigenvalue weighted by molar-refractivity contribution is -0.159. The van der Waals surface area contributed by atoms with E-state index in [4.69, 9.17) is 24.5 Å². The van der Waals surface area contributed by atoms with Gasteiger partial charge in [-0.2, -0.15) is 0 Å². The number of nitrogens with one attached hydrogen (secondary N) is 1. The molecule has 3 N–H and O–H groups in total. The monoisotopic (exact) mass is 433 g/mol. The van der Waals surface area contributed by atoms with Gasteiger partial charge in [0.25, 0.3) is 0 Å². The number of hydrogen-bond acceptors (Lipinski definition) is 5. The van der Waals surface area contributed by atoms with Gasteiger partial charge in [0.1, 0.15) is 11.6 Å². The average Bonchev–Trinajstić information content (AvgIpc) is 3.14. The lowest BCUT2D eigenvalue weighted by atomic mass is 10.1. The van der Waals surface area contributed by atoms with E-state index in [-0.39, 0.29) is 11.6 Å². The Hall–Kier alpha value is -3.79. The van der Waals surface area contributed by atoms with Gasteiger partial charge < -0.3 is 24.8 Å². The number of methoxy groups -OCH3 is 1. The zero-order valence-corrected chi connectivity index (χ0v) is 16.6. The van der Waals surface area contributed by atoms with Crippen LogP contribution in [0.5, 0.6) is 0 Å². The molecule has 1 aromatic heterocycles. The van der Waals surface area contributed by atoms with Crippen LogP contribution < -0.4 is 5.32 Å². The maximum absolute atomic E-state index is 13.3. The Morgan fingerprint density at radius 2 is 1.74 bits per heavy atom. The molecule has 3 rings (SSSR count). The maximum atomic E-state index is 13.3. The highest BCUT2D eigenvalue weighted by Crippen LogP contribution is 2.24. The molecular weight excluding hydrogens is 412 g/mol. The molecule has 0 aliphatic heterocycles. The number of ether oxygens (including phenoxy) is 1. The van der Waals surface area contributed by atoms with Gasteiger partial charge in [0.15, 0.2) is 0 Å². The van der Waals surface area contributed by atoms with Crippen LogP contribution in [0.4, 0.5) is 14.7 Å². The van der Waals surface area contributed by atoms with Crippen LogP contribution in [0.15, 0.2) is 54.7 Å². The molecular formula is C21H21F2N3O5. The molecule has 8 nitrogen and oxygen atoms in total. The summed E-state index contributed by atoms with van der Waals surface area (Å²) in [5.74, 6) is -3.55. The Kier molecular flexibility index (Phi) is 8.64. The molecule has 0 radical (unpaired) electrons. The third-order valence-corrected chi connectivity index (χ3v) is 4.04. The molecule has 0 fully saturated rings. The summed E-state index contributed by atoms with van der Waals surface area (Å²) in [6.45, 7) is 1.55. The molecule has 2 aromatic carbocycles. The molecule has 0 spiro atoms. The summed E-state index contributed by atoms with van der Waals surface area (Å²) < 4.78 is 33.6. The quantitative estimate of drug-likeness (QED) is 0.490. The van der Waals surface area contributed by atoms with Gasteiger partial charge in [0.2, 0.25) is 5.95 Å². The molecule has 0 aliphatic rings. The number of carbonyl (C=O) groups is 2. The number of aromatic nitrogens is 2. The van der Waals surface area contributed by atoms with E-state index < -0.39 is 11.9 Å². The van der Waals surface area contributed by atoms with Gasteiger partial charge in [0.05, 0.1) is 18.5 Å². The van der Waals surface area contributed by atoms with Crippen molar-refractivity contribution in [3.8, 4) is 11.3 Å². The Morgan fingerprint density at radius 3 is 2.32 bits per heavy atom. The summed E-state index contributed by atoms with van der Waals surface area (Å²) in [5.41, 5.74) is 2.55. The first-order valence-electron chi connectivity index (χ1n) is 9.06. The van der Waals surface area contributed by atoms with E-state index in [0.29, 0.717) is 25.6 Å². The van der Waals surface area contributed by atoms with E-state index in [0.717, 1.165) is 16.8 Å². The van der Waals surface area contributed by atoms with Gasteiger partial charge >= 0.3 is 11.9 Å². The minimum absolute atomic E-state index is 0.269. The van der Waals surface area contributed by atoms with Crippen molar-refractivity contribution in [2.45, 2.75) is 13.1 Å². The van der Waals surface area contributed by atoms with E-state index in [1.807, 2.05) is 10.6 Å². The Labute approximate surface area is 176 Å². The van der Waals surface area contributed by atoms with Crippen molar-refractivity contribution in [2.75, 3.05) is 19.0 Å². The maximum Gasteiger partial charge on any atom is 0.414 e. The van der Waals surface area contributed by atoms with Crippen LogP contribution in [0.1, 0.15) is 5.56 Å². The zero-order valence-electron chi connectivity index (χ0n) is 16.6. The van der Waals surface area contributed by atoms with Crippen LogP contribution >= 0.6 is 0 Å². The second kappa shape index (κ2) is 11.4. The average molecular weight is 433 g/mol. The van der Waals surface area contributed by atoms with Crippen LogP contribution in [0, 0.1) is 11.6 Å². The number of hydrogen-bond donors (Lipinski definition) is 3. The predicted molar refractivity (Wildman–Crippen MR) is 108 cm³/mol. The summed E-state index contributed by atoms with van der Waals surface area (Å²) in [5, 5.41) is 18.0. The lowest BCUT2D eigenvalue weighted by Crippen LogP contribution is -2.11. The van der Waals surface area contributed by atoms with Crippen LogP contribution in [0.25, 0.3) is 11.3 Å². The van der Waals surface area contributed by atoms with Crippen molar-refractivity contribution in [3.05, 3.63) is 71.9 Å². The highest BCUT2D eigenvalue weighted by Gasteiger charge is 2.12. The fraction of sp³-hybridized carbons (Fsp3) is 0.190. The lowest BCUT2D eigenvalue weighted by Gasteiger charge is -2.13. The van der Waals surface area contributed by atoms with Gasteiger partial charge in [-0.15, -0.1) is 0 Å². The second-order valence-electron chi connectivity index (χ2n) is 6.21. The molecule has 0 atom stereocenters. The fourth-order valence-corrected chi connectivity index (χ4v) is 2.60. The number of carboxylic acids is 2. The van der Waals surface area contributed by atoms with Crippen molar-refractivity contribution in [1.29, 1.82) is 0 Å². The first-order valence-corrected chi connectivity index (χ1v) is 9.06. The Morgan fingerprint density at radius 1 is 1.06 bits per heavy atom. The van der Waals surface area contributed by atoms with E-state index in [9.17, 15) is 8.78 Å². The van der Waals surface area contributed by atoms with Crippen molar-refractivity contribution < 1.29 is 33.3 Å². The molecule has 0 saturated carbocycles. The normalized spacial score (nSPS) is 10.2. The van der Waals surface area contributed by atoms with Gasteiger partial charge in [-0.1, -0.05) is 12.1 Å². The third-order valence-electron chi connectivity index (χ3n) is 4.04. The SMILES string of the molecule is COCCn1c(-c2ccc(F)cc2)cnc1NCc1cccc(F)c1.O=C(O)C(=O)O. The number of benzene rings is 2. The topological polar surface area (TPSA) is 114 Å². The van der Waals surface area contributed by atoms with Crippen molar-refractivity contribution in [2.24, 2.45) is 0 Å². The standard InChI is InChI=1S/C19H19F2N3O.C2H2O4/c1-25-10-9-24-18(15-5-7-16(20)8-6-15)13-23-19(24)22-12-14-3-2-4-17(21)11-14;3-1(4)2(5)6/h2-8,11,13H,9-10,12H2,1H3,(H,22,23);(H,3,4)(H,5,6). The number of rotatable bonds is 7. The van der Waals surface area contributed by atoms with Crippen LogP contribution in [0.3, 0.4) is 0 Å². The second-order valence-corrected chi connectivity index (χ2v) is 6.21. The summed E-state index contributed by atoms with van der Waals surface area (Å²) in [7, 11) is 1.63. The molecule has 31 heavy (non-hydrogen) atoms. The predicted octanol–water partition coefficient (Wildman–Crippen LogP) is 3.24. The van der Waals surface area contributed by atoms with Gasteiger partial charge in [-0.3, -0.25) is 0 Å². The van der Waals surface area contributed by atoms with E-state index in [1.54, 1.807) is 31.5 Å². The summed E-state index contributed by atoms with van der Waals surface area (Å²) in [4.78, 5) is 22.6. The van der Waals surface area contributed by atoms with Crippen LogP contribution in [-0.4, -0.2) is 45.4 Å². The molecule has 1 heterocycles. The Balaban J connectivity index is 0.000000501. The number of halogens is 2. The molecule has 10 heteroatoms. The van der Waals surface area contributed by atoms with E-state index in [2.05, 4.69) is 10.3 Å². The van der Waals surface area contributed by atoms with Crippen LogP contribution in [0.2, 0.25) is 0 Å². The molecule has 0 aliphatic carbocycles. The largest absolute Gasteiger partial charge is 0.473 e. The van der Waals surface area contributed by atoms with Crippen molar-refractivity contribution >= 4 is 17.9 Å². The minimum Gasteiger partial charge on any atom is -0.473 e. The van der Waals surface area contributed by atoms with E-state index in [1.165, 1.54) is 24.3 Å². The smallest absolute Gasteiger partial charge is 0.414 e. The van der Waals surface area contributed by atoms with Gasteiger partial charge in [0, 0.05) is 25.8 Å². The fourth-order valence-electron chi connectivity index (χ4n) is 2.60. The molecule has 0 saturated heterocycles. The number of anilines is 1. The number of imidazole rings is 1. The molecule has 0 bridgehead atoms.